The van der Waals surface area contributed by atoms with Crippen LogP contribution in [0.3, 0.4) is 0 Å². The minimum absolute atomic E-state index is 0.0720. The van der Waals surface area contributed by atoms with E-state index in [0.717, 1.165) is 31.4 Å². The largest absolute Gasteiger partial charge is 0.380 e. The number of benzene rings is 1. The monoisotopic (exact) mass is 445 g/mol. The maximum atomic E-state index is 12.2. The lowest BCUT2D eigenvalue weighted by Crippen LogP contribution is -2.44. The van der Waals surface area contributed by atoms with E-state index in [0.29, 0.717) is 30.3 Å². The van der Waals surface area contributed by atoms with Crippen LogP contribution in [0, 0.1) is 0 Å². The number of carbonyl (C=O) groups excluding carboxylic acids is 1. The molecule has 0 spiro atoms. The number of hydrogen-bond donors (Lipinski definition) is 3. The number of aromatic nitrogens is 1. The van der Waals surface area contributed by atoms with Gasteiger partial charge in [0.1, 0.15) is 17.2 Å². The molecule has 0 bridgehead atoms. The van der Waals surface area contributed by atoms with Gasteiger partial charge in [-0.3, -0.25) is 14.4 Å². The maximum absolute atomic E-state index is 12.2. The fourth-order valence-corrected chi connectivity index (χ4v) is 4.02. The first-order chi connectivity index (χ1) is 16.0. The van der Waals surface area contributed by atoms with Crippen molar-refractivity contribution in [2.45, 2.75) is 25.3 Å². The van der Waals surface area contributed by atoms with Crippen LogP contribution >= 0.6 is 0 Å². The summed E-state index contributed by atoms with van der Waals surface area (Å²) in [5, 5.41) is 9.51. The second-order valence-corrected chi connectivity index (χ2v) is 8.10. The van der Waals surface area contributed by atoms with Crippen LogP contribution < -0.4 is 26.8 Å². The summed E-state index contributed by atoms with van der Waals surface area (Å²) in [6.45, 7) is 5.41. The predicted octanol–water partition coefficient (Wildman–Crippen LogP) is 2.66. The Hall–Kier alpha value is -3.94. The van der Waals surface area contributed by atoms with Gasteiger partial charge in [-0.25, -0.2) is 4.98 Å². The summed E-state index contributed by atoms with van der Waals surface area (Å²) < 4.78 is 0. The van der Waals surface area contributed by atoms with Crippen molar-refractivity contribution in [2.24, 2.45) is 0 Å². The molecular weight excluding hydrogens is 418 g/mol. The number of anilines is 4. The van der Waals surface area contributed by atoms with E-state index < -0.39 is 10.9 Å². The molecule has 2 heterocycles. The number of piperidine rings is 1. The Balaban J connectivity index is 1.38. The zero-order chi connectivity index (χ0) is 23.2. The highest BCUT2D eigenvalue weighted by atomic mass is 16.2. The third kappa shape index (κ3) is 5.28. The molecule has 8 nitrogen and oxygen atoms in total. The fourth-order valence-electron chi connectivity index (χ4n) is 4.02. The summed E-state index contributed by atoms with van der Waals surface area (Å²) in [5.41, 5.74) is 1.35. The minimum atomic E-state index is -0.533. The van der Waals surface area contributed by atoms with Gasteiger partial charge in [0.15, 0.2) is 0 Å². The summed E-state index contributed by atoms with van der Waals surface area (Å²) in [6.07, 6.45) is 5.54. The van der Waals surface area contributed by atoms with E-state index in [1.165, 1.54) is 6.08 Å². The normalized spacial score (nSPS) is 15.8. The molecule has 1 aliphatic rings. The van der Waals surface area contributed by atoms with Crippen molar-refractivity contribution in [1.29, 1.82) is 0 Å². The van der Waals surface area contributed by atoms with Crippen LogP contribution in [0.25, 0.3) is 0 Å². The maximum Gasteiger partial charge on any atom is 0.253 e. The molecule has 2 aromatic carbocycles. The molecule has 1 unspecified atom stereocenters. The van der Waals surface area contributed by atoms with Crippen LogP contribution in [0.1, 0.15) is 18.4 Å². The molecule has 4 rings (SSSR count). The predicted molar refractivity (Wildman–Crippen MR) is 131 cm³/mol. The Bertz CT molecular complexity index is 1200. The molecule has 3 N–H and O–H groups in total. The second kappa shape index (κ2) is 10.1. The average Bonchev–Trinajstić information content (AvgIpc) is 2.86. The smallest absolute Gasteiger partial charge is 0.253 e. The van der Waals surface area contributed by atoms with Crippen LogP contribution in [0.4, 0.5) is 22.9 Å². The van der Waals surface area contributed by atoms with E-state index in [9.17, 15) is 14.4 Å². The van der Waals surface area contributed by atoms with Gasteiger partial charge in [0.25, 0.3) is 10.9 Å². The number of carbonyl (C=O) groups is 1. The zero-order valence-corrected chi connectivity index (χ0v) is 18.3. The van der Waals surface area contributed by atoms with Crippen molar-refractivity contribution < 1.29 is 4.79 Å². The minimum Gasteiger partial charge on any atom is -0.380 e. The molecule has 0 saturated carbocycles. The van der Waals surface area contributed by atoms with Crippen LogP contribution in [-0.4, -0.2) is 41.5 Å². The van der Waals surface area contributed by atoms with Gasteiger partial charge in [-0.2, -0.15) is 0 Å². The first-order valence-electron chi connectivity index (χ1n) is 11.1. The van der Waals surface area contributed by atoms with E-state index in [4.69, 9.17) is 0 Å². The fraction of sp³-hybridized carbons (Fsp3) is 0.280. The third-order valence-corrected chi connectivity index (χ3v) is 5.76. The van der Waals surface area contributed by atoms with Gasteiger partial charge in [0.2, 0.25) is 5.91 Å². The third-order valence-electron chi connectivity index (χ3n) is 5.76. The summed E-state index contributed by atoms with van der Waals surface area (Å²) in [6, 6.07) is 13.5. The van der Waals surface area contributed by atoms with E-state index in [2.05, 4.69) is 27.5 Å². The number of hydrogen-bond acceptors (Lipinski definition) is 7. The van der Waals surface area contributed by atoms with Crippen LogP contribution in [0.5, 0.6) is 0 Å². The number of likely N-dealkylation sites (tertiary alicyclic amines) is 1. The SMILES string of the molecule is C=CC(=O)N1CCCC(Nc2cc(Nc3c(NCCc4ccccc4)c(=O)c3=O)ccn2)C1. The number of nitrogens with zero attached hydrogens (tertiary/aromatic N) is 2. The Morgan fingerprint density at radius 3 is 2.73 bits per heavy atom. The Morgan fingerprint density at radius 1 is 1.15 bits per heavy atom. The molecule has 1 saturated heterocycles. The van der Waals surface area contributed by atoms with Crippen molar-refractivity contribution >= 4 is 28.8 Å². The molecule has 1 atom stereocenters. The molecule has 170 valence electrons. The van der Waals surface area contributed by atoms with Gasteiger partial charge in [-0.15, -0.1) is 0 Å². The molecule has 1 amide bonds. The summed E-state index contributed by atoms with van der Waals surface area (Å²) in [4.78, 5) is 42.3. The number of rotatable bonds is 9. The molecule has 33 heavy (non-hydrogen) atoms. The topological polar surface area (TPSA) is 103 Å². The lowest BCUT2D eigenvalue weighted by molar-refractivity contribution is -0.127. The highest BCUT2D eigenvalue weighted by molar-refractivity contribution is 5.87. The van der Waals surface area contributed by atoms with E-state index in [-0.39, 0.29) is 17.6 Å². The highest BCUT2D eigenvalue weighted by Crippen LogP contribution is 2.23. The van der Waals surface area contributed by atoms with Crippen molar-refractivity contribution in [3.8, 4) is 0 Å². The van der Waals surface area contributed by atoms with Crippen molar-refractivity contribution in [3.05, 3.63) is 87.3 Å². The quantitative estimate of drug-likeness (QED) is 0.344. The Labute approximate surface area is 192 Å². The first-order valence-corrected chi connectivity index (χ1v) is 11.1. The van der Waals surface area contributed by atoms with Gasteiger partial charge in [-0.1, -0.05) is 36.9 Å². The summed E-state index contributed by atoms with van der Waals surface area (Å²) in [7, 11) is 0. The van der Waals surface area contributed by atoms with Crippen LogP contribution in [-0.2, 0) is 11.2 Å². The van der Waals surface area contributed by atoms with Crippen LogP contribution in [0.15, 0.2) is 70.9 Å². The molecule has 1 fully saturated rings. The molecular formula is C25H27N5O3. The van der Waals surface area contributed by atoms with E-state index >= 15 is 0 Å². The second-order valence-electron chi connectivity index (χ2n) is 8.10. The molecule has 1 aromatic heterocycles. The van der Waals surface area contributed by atoms with Gasteiger partial charge >= 0.3 is 0 Å². The standard InChI is InChI=1S/C25H27N5O3/c1-2-21(31)30-14-6-9-19(16-30)28-20-15-18(11-13-26-20)29-23-22(24(32)25(23)33)27-12-10-17-7-4-3-5-8-17/h2-5,7-8,11,13,15,19,27H,1,6,9-10,12,14,16H2,(H2,26,28,29). The van der Waals surface area contributed by atoms with Gasteiger partial charge in [-0.05, 0) is 37.0 Å². The number of nitrogens with one attached hydrogen (secondary N) is 3. The first kappa shape index (κ1) is 22.3. The molecule has 0 aliphatic carbocycles. The van der Waals surface area contributed by atoms with Crippen molar-refractivity contribution in [2.75, 3.05) is 35.6 Å². The number of pyridine rings is 1. The summed E-state index contributed by atoms with van der Waals surface area (Å²) >= 11 is 0. The molecule has 1 aliphatic heterocycles. The lowest BCUT2D eigenvalue weighted by atomic mass is 10.1. The molecule has 8 heteroatoms. The van der Waals surface area contributed by atoms with E-state index in [1.54, 1.807) is 23.2 Å². The number of amides is 1. The van der Waals surface area contributed by atoms with Gasteiger partial charge < -0.3 is 20.9 Å². The molecule has 3 aromatic rings. The average molecular weight is 446 g/mol. The Kier molecular flexibility index (Phi) is 6.83. The lowest BCUT2D eigenvalue weighted by Gasteiger charge is -2.32. The molecule has 0 radical (unpaired) electrons. The Morgan fingerprint density at radius 2 is 1.94 bits per heavy atom. The highest BCUT2D eigenvalue weighted by Gasteiger charge is 2.23. The van der Waals surface area contributed by atoms with E-state index in [1.807, 2.05) is 30.3 Å². The van der Waals surface area contributed by atoms with Crippen molar-refractivity contribution in [1.82, 2.24) is 9.88 Å². The van der Waals surface area contributed by atoms with Crippen LogP contribution in [0.2, 0.25) is 0 Å². The summed E-state index contributed by atoms with van der Waals surface area (Å²) in [5.74, 6) is 0.562. The van der Waals surface area contributed by atoms with Gasteiger partial charge in [0.05, 0.1) is 0 Å². The van der Waals surface area contributed by atoms with Gasteiger partial charge in [0, 0.05) is 43.6 Å². The van der Waals surface area contributed by atoms with Crippen molar-refractivity contribution in [3.63, 3.8) is 0 Å². The zero-order valence-electron chi connectivity index (χ0n) is 18.3.